The van der Waals surface area contributed by atoms with Gasteiger partial charge in [-0.1, -0.05) is 35.9 Å². The summed E-state index contributed by atoms with van der Waals surface area (Å²) in [6.07, 6.45) is 7.75. The van der Waals surface area contributed by atoms with E-state index in [1.807, 2.05) is 50.6 Å². The molecule has 2 unspecified atom stereocenters. The number of carbonyl (C=O) groups is 1. The number of alkyl halides is 2. The lowest BCUT2D eigenvalue weighted by Crippen LogP contribution is -2.50. The minimum atomic E-state index is -2.63. The first kappa shape index (κ1) is 28.9. The number of amides is 1. The largest absolute Gasteiger partial charge is 0.467 e. The Morgan fingerprint density at radius 2 is 2.08 bits per heavy atom. The highest BCUT2D eigenvalue weighted by Gasteiger charge is 2.29. The molecule has 2 aromatic rings. The van der Waals surface area contributed by atoms with Crippen LogP contribution in [0.25, 0.3) is 0 Å². The normalized spacial score (nSPS) is 14.2. The van der Waals surface area contributed by atoms with Gasteiger partial charge in [-0.15, -0.1) is 0 Å². The number of nitrogens with zero attached hydrogens (tertiary/aromatic N) is 4. The van der Waals surface area contributed by atoms with Gasteiger partial charge >= 0.3 is 0 Å². The average molecular weight is 520 g/mol. The molecule has 0 saturated heterocycles. The molecule has 194 valence electrons. The van der Waals surface area contributed by atoms with Crippen molar-refractivity contribution >= 4 is 29.5 Å². The summed E-state index contributed by atoms with van der Waals surface area (Å²) >= 11 is 6.04. The Labute approximate surface area is 215 Å². The van der Waals surface area contributed by atoms with E-state index in [1.165, 1.54) is 12.1 Å². The first-order valence-electron chi connectivity index (χ1n) is 11.3. The van der Waals surface area contributed by atoms with Gasteiger partial charge in [-0.3, -0.25) is 9.80 Å². The molecule has 1 amide bonds. The Bertz CT molecular complexity index is 1130. The Morgan fingerprint density at radius 3 is 2.67 bits per heavy atom. The lowest BCUT2D eigenvalue weighted by Gasteiger charge is -2.33. The Hall–Kier alpha value is -3.30. The van der Waals surface area contributed by atoms with Crippen molar-refractivity contribution in [3.05, 3.63) is 77.1 Å². The molecule has 2 rings (SSSR count). The number of ether oxygens (including phenoxy) is 1. The molecule has 2 aromatic heterocycles. The van der Waals surface area contributed by atoms with Crippen molar-refractivity contribution in [3.8, 4) is 5.88 Å². The van der Waals surface area contributed by atoms with Crippen LogP contribution < -0.4 is 10.6 Å². The van der Waals surface area contributed by atoms with Gasteiger partial charge in [0.2, 0.25) is 5.88 Å². The summed E-state index contributed by atoms with van der Waals surface area (Å²) in [6, 6.07) is 3.71. The third kappa shape index (κ3) is 7.86. The van der Waals surface area contributed by atoms with E-state index in [9.17, 15) is 13.6 Å². The first-order chi connectivity index (χ1) is 17.1. The molecular weight excluding hydrogens is 488 g/mol. The molecule has 0 bridgehead atoms. The predicted molar refractivity (Wildman–Crippen MR) is 140 cm³/mol. The Morgan fingerprint density at radius 1 is 1.36 bits per heavy atom. The average Bonchev–Trinajstić information content (AvgIpc) is 3.23. The molecule has 0 aliphatic heterocycles. The summed E-state index contributed by atoms with van der Waals surface area (Å²) in [4.78, 5) is 21.2. The third-order valence-corrected chi connectivity index (χ3v) is 5.86. The Balaban J connectivity index is 2.25. The summed E-state index contributed by atoms with van der Waals surface area (Å²) < 4.78 is 32.8. The minimum absolute atomic E-state index is 0.0515. The zero-order valence-electron chi connectivity index (χ0n) is 20.9. The van der Waals surface area contributed by atoms with Gasteiger partial charge in [0.1, 0.15) is 5.82 Å². The first-order valence-corrected chi connectivity index (χ1v) is 11.7. The quantitative estimate of drug-likeness (QED) is 0.119. The smallest absolute Gasteiger partial charge is 0.274 e. The summed E-state index contributed by atoms with van der Waals surface area (Å²) in [7, 11) is 0. The number of aromatic nitrogens is 2. The van der Waals surface area contributed by atoms with Crippen LogP contribution in [0, 0.1) is 6.92 Å². The third-order valence-electron chi connectivity index (χ3n) is 5.58. The fourth-order valence-electron chi connectivity index (χ4n) is 3.52. The van der Waals surface area contributed by atoms with Crippen LogP contribution in [0.5, 0.6) is 5.88 Å². The number of halogens is 3. The molecule has 0 aliphatic rings. The van der Waals surface area contributed by atoms with Crippen LogP contribution >= 0.6 is 11.6 Å². The molecule has 2 N–H and O–H groups in total. The molecule has 0 fully saturated rings. The molecule has 10 heteroatoms. The molecule has 2 heterocycles. The summed E-state index contributed by atoms with van der Waals surface area (Å²) in [6.45, 7) is 10.8. The van der Waals surface area contributed by atoms with E-state index < -0.39 is 25.0 Å². The number of aliphatic imine (C=N–C) groups is 1. The lowest BCUT2D eigenvalue weighted by molar-refractivity contribution is -0.136. The second-order valence-corrected chi connectivity index (χ2v) is 8.65. The number of carbonyl (C=O) groups excluding carboxylic acids is 1. The molecule has 2 atom stereocenters. The summed E-state index contributed by atoms with van der Waals surface area (Å²) in [5, 5.41) is 1.63. The zero-order valence-corrected chi connectivity index (χ0v) is 21.6. The number of pyridine rings is 1. The van der Waals surface area contributed by atoms with Crippen molar-refractivity contribution in [2.75, 3.05) is 6.61 Å². The summed E-state index contributed by atoms with van der Waals surface area (Å²) in [5.74, 6) is 6.57. The molecule has 0 aromatic carbocycles. The monoisotopic (exact) mass is 519 g/mol. The fourth-order valence-corrected chi connectivity index (χ4v) is 3.58. The van der Waals surface area contributed by atoms with Crippen molar-refractivity contribution < 1.29 is 18.3 Å². The highest BCUT2D eigenvalue weighted by molar-refractivity contribution is 6.31. The number of rotatable bonds is 12. The number of allylic oxidation sites excluding steroid dienone is 5. The van der Waals surface area contributed by atoms with Crippen LogP contribution in [-0.2, 0) is 4.79 Å². The maximum Gasteiger partial charge on any atom is 0.274 e. The maximum atomic E-state index is 12.9. The van der Waals surface area contributed by atoms with Gasteiger partial charge in [0.15, 0.2) is 6.61 Å². The highest BCUT2D eigenvalue weighted by atomic mass is 35.5. The Kier molecular flexibility index (Phi) is 11.0. The van der Waals surface area contributed by atoms with E-state index in [-0.39, 0.29) is 17.5 Å². The van der Waals surface area contributed by atoms with Gasteiger partial charge in [-0.2, -0.15) is 0 Å². The van der Waals surface area contributed by atoms with Crippen molar-refractivity contribution in [2.45, 2.75) is 52.6 Å². The SMILES string of the molecule is C=C/C(Cl)=C\C=C(/C)CC(C(C)N(N)C(=O)COc1ccc(C(F)F)cn1)n1ccc(C)c1/N=C\C. The zero-order chi connectivity index (χ0) is 26.8. The van der Waals surface area contributed by atoms with Gasteiger partial charge in [0.05, 0.1) is 12.1 Å². The number of hydrogen-bond acceptors (Lipinski definition) is 5. The van der Waals surface area contributed by atoms with Crippen LogP contribution in [-0.4, -0.2) is 39.3 Å². The van der Waals surface area contributed by atoms with Crippen molar-refractivity contribution in [1.82, 2.24) is 14.6 Å². The van der Waals surface area contributed by atoms with Gasteiger partial charge in [-0.05, 0) is 57.9 Å². The van der Waals surface area contributed by atoms with Crippen LogP contribution in [0.15, 0.2) is 71.0 Å². The van der Waals surface area contributed by atoms with E-state index in [2.05, 4.69) is 16.6 Å². The van der Waals surface area contributed by atoms with Crippen LogP contribution in [0.3, 0.4) is 0 Å². The van der Waals surface area contributed by atoms with E-state index in [1.54, 1.807) is 18.4 Å². The molecule has 0 radical (unpaired) electrons. The van der Waals surface area contributed by atoms with Crippen LogP contribution in [0.4, 0.5) is 14.6 Å². The van der Waals surface area contributed by atoms with Gasteiger partial charge < -0.3 is 9.30 Å². The predicted octanol–water partition coefficient (Wildman–Crippen LogP) is 6.21. The van der Waals surface area contributed by atoms with Crippen molar-refractivity contribution in [3.63, 3.8) is 0 Å². The van der Waals surface area contributed by atoms with E-state index in [0.29, 0.717) is 11.5 Å². The summed E-state index contributed by atoms with van der Waals surface area (Å²) in [5.41, 5.74) is 1.76. The van der Waals surface area contributed by atoms with E-state index >= 15 is 0 Å². The molecule has 0 aliphatic carbocycles. The maximum absolute atomic E-state index is 12.9. The number of aryl methyl sites for hydroxylation is 1. The molecule has 0 saturated carbocycles. The van der Waals surface area contributed by atoms with E-state index in [0.717, 1.165) is 28.2 Å². The molecule has 0 spiro atoms. The second kappa shape index (κ2) is 13.7. The number of hydrazine groups is 1. The molecule has 36 heavy (non-hydrogen) atoms. The van der Waals surface area contributed by atoms with E-state index in [4.69, 9.17) is 22.2 Å². The van der Waals surface area contributed by atoms with Crippen molar-refractivity contribution in [2.24, 2.45) is 10.8 Å². The second-order valence-electron chi connectivity index (χ2n) is 8.22. The van der Waals surface area contributed by atoms with Crippen LogP contribution in [0.2, 0.25) is 0 Å². The van der Waals surface area contributed by atoms with Gasteiger partial charge in [0, 0.05) is 35.3 Å². The lowest BCUT2D eigenvalue weighted by atomic mass is 10.00. The highest BCUT2D eigenvalue weighted by Crippen LogP contribution is 2.32. The van der Waals surface area contributed by atoms with Crippen molar-refractivity contribution in [1.29, 1.82) is 0 Å². The molecular formula is C26H32ClF2N5O2. The number of hydrogen-bond donors (Lipinski definition) is 1. The number of nitrogens with two attached hydrogens (primary N) is 1. The molecule has 7 nitrogen and oxygen atoms in total. The minimum Gasteiger partial charge on any atom is -0.467 e. The van der Waals surface area contributed by atoms with Crippen LogP contribution in [0.1, 0.15) is 50.8 Å². The van der Waals surface area contributed by atoms with Gasteiger partial charge in [0.25, 0.3) is 12.3 Å². The fraction of sp³-hybridized carbons (Fsp3) is 0.346. The standard InChI is InChI=1S/C26H32ClF2N5O2/c1-6-21(27)10-8-17(3)14-22(33-13-12-18(4)26(33)31-7-2)19(5)34(30)24(35)16-36-23-11-9-20(15-32-23)25(28)29/h6-13,15,19,22,25H,1,14,16,30H2,2-5H3/b17-8+,21-10+,31-7-. The van der Waals surface area contributed by atoms with Gasteiger partial charge in [-0.25, -0.2) is 24.6 Å². The topological polar surface area (TPSA) is 85.7 Å².